The van der Waals surface area contributed by atoms with Crippen LogP contribution in [-0.2, 0) is 12.7 Å². The van der Waals surface area contributed by atoms with Gasteiger partial charge in [0.15, 0.2) is 0 Å². The Morgan fingerprint density at radius 3 is 2.59 bits per heavy atom. The van der Waals surface area contributed by atoms with Crippen molar-refractivity contribution in [3.8, 4) is 0 Å². The summed E-state index contributed by atoms with van der Waals surface area (Å²) in [4.78, 5) is 14.4. The molecular formula is C15H19F3N2O2. The highest BCUT2D eigenvalue weighted by atomic mass is 19.4. The quantitative estimate of drug-likeness (QED) is 0.911. The Balaban J connectivity index is 2.11. The third kappa shape index (κ3) is 3.52. The zero-order chi connectivity index (χ0) is 16.5. The number of hydrogen-bond acceptors (Lipinski definition) is 2. The van der Waals surface area contributed by atoms with Crippen molar-refractivity contribution in [2.75, 3.05) is 19.6 Å². The molecule has 1 aliphatic rings. The molecule has 0 radical (unpaired) electrons. The smallest absolute Gasteiger partial charge is 0.416 e. The van der Waals surface area contributed by atoms with E-state index in [1.807, 2.05) is 4.90 Å². The fraction of sp³-hybridized carbons (Fsp3) is 0.533. The van der Waals surface area contributed by atoms with E-state index in [4.69, 9.17) is 5.11 Å². The summed E-state index contributed by atoms with van der Waals surface area (Å²) in [6, 6.07) is 4.03. The Morgan fingerprint density at radius 2 is 2.05 bits per heavy atom. The number of rotatable bonds is 2. The van der Waals surface area contributed by atoms with Gasteiger partial charge in [0.2, 0.25) is 0 Å². The summed E-state index contributed by atoms with van der Waals surface area (Å²) >= 11 is 0. The Labute approximate surface area is 127 Å². The molecule has 1 N–H and O–H groups in total. The zero-order valence-electron chi connectivity index (χ0n) is 12.5. The molecule has 1 fully saturated rings. The molecule has 1 amide bonds. The van der Waals surface area contributed by atoms with Gasteiger partial charge in [-0.25, -0.2) is 4.79 Å². The number of piperazine rings is 1. The molecule has 122 valence electrons. The number of amides is 1. The van der Waals surface area contributed by atoms with Gasteiger partial charge in [0, 0.05) is 32.2 Å². The number of carboxylic acid groups (broad SMARTS) is 1. The van der Waals surface area contributed by atoms with Crippen molar-refractivity contribution in [1.29, 1.82) is 0 Å². The number of halogens is 3. The molecule has 0 aliphatic carbocycles. The van der Waals surface area contributed by atoms with Crippen LogP contribution in [0.25, 0.3) is 0 Å². The Bertz CT molecular complexity index is 560. The summed E-state index contributed by atoms with van der Waals surface area (Å²) in [6.45, 7) is 5.09. The summed E-state index contributed by atoms with van der Waals surface area (Å²) in [5, 5.41) is 9.04. The van der Waals surface area contributed by atoms with E-state index in [0.717, 1.165) is 6.07 Å². The lowest BCUT2D eigenvalue weighted by molar-refractivity contribution is -0.138. The van der Waals surface area contributed by atoms with E-state index in [0.29, 0.717) is 31.7 Å². The normalized spacial score (nSPS) is 20.2. The Kier molecular flexibility index (Phi) is 4.65. The first kappa shape index (κ1) is 16.6. The lowest BCUT2D eigenvalue weighted by Crippen LogP contribution is -2.53. The van der Waals surface area contributed by atoms with Crippen molar-refractivity contribution in [1.82, 2.24) is 9.80 Å². The van der Waals surface area contributed by atoms with Crippen LogP contribution in [0.1, 0.15) is 23.6 Å². The second kappa shape index (κ2) is 6.16. The minimum Gasteiger partial charge on any atom is -0.465 e. The third-order valence-electron chi connectivity index (χ3n) is 4.10. The highest BCUT2D eigenvalue weighted by molar-refractivity contribution is 5.65. The molecule has 4 nitrogen and oxygen atoms in total. The van der Waals surface area contributed by atoms with Crippen LogP contribution < -0.4 is 0 Å². The van der Waals surface area contributed by atoms with Gasteiger partial charge >= 0.3 is 12.3 Å². The second-order valence-corrected chi connectivity index (χ2v) is 5.65. The van der Waals surface area contributed by atoms with Crippen LogP contribution in [0, 0.1) is 6.92 Å². The third-order valence-corrected chi connectivity index (χ3v) is 4.10. The SMILES string of the molecule is Cc1c(CN2CCN(C(=O)O)C(C)C2)cccc1C(F)(F)F. The number of hydrogen-bond donors (Lipinski definition) is 1. The van der Waals surface area contributed by atoms with Crippen LogP contribution in [0.2, 0.25) is 0 Å². The molecule has 0 spiro atoms. The van der Waals surface area contributed by atoms with Crippen molar-refractivity contribution in [3.05, 3.63) is 34.9 Å². The molecular weight excluding hydrogens is 297 g/mol. The molecule has 0 saturated carbocycles. The van der Waals surface area contributed by atoms with E-state index in [1.165, 1.54) is 17.9 Å². The minimum atomic E-state index is -4.35. The predicted molar refractivity (Wildman–Crippen MR) is 75.7 cm³/mol. The van der Waals surface area contributed by atoms with Gasteiger partial charge in [-0.05, 0) is 31.0 Å². The van der Waals surface area contributed by atoms with Gasteiger partial charge in [0.25, 0.3) is 0 Å². The molecule has 0 aromatic heterocycles. The van der Waals surface area contributed by atoms with Crippen molar-refractivity contribution in [3.63, 3.8) is 0 Å². The van der Waals surface area contributed by atoms with Gasteiger partial charge in [-0.15, -0.1) is 0 Å². The maximum Gasteiger partial charge on any atom is 0.416 e. The first-order valence-electron chi connectivity index (χ1n) is 7.07. The maximum atomic E-state index is 12.9. The van der Waals surface area contributed by atoms with E-state index < -0.39 is 17.8 Å². The van der Waals surface area contributed by atoms with Crippen molar-refractivity contribution >= 4 is 6.09 Å². The van der Waals surface area contributed by atoms with E-state index >= 15 is 0 Å². The van der Waals surface area contributed by atoms with Crippen LogP contribution in [0.4, 0.5) is 18.0 Å². The summed E-state index contributed by atoms with van der Waals surface area (Å²) < 4.78 is 38.8. The molecule has 1 atom stereocenters. The van der Waals surface area contributed by atoms with E-state index in [-0.39, 0.29) is 11.6 Å². The molecule has 1 aromatic carbocycles. The summed E-state index contributed by atoms with van der Waals surface area (Å²) in [5.74, 6) is 0. The fourth-order valence-corrected chi connectivity index (χ4v) is 2.86. The summed E-state index contributed by atoms with van der Waals surface area (Å²) in [7, 11) is 0. The van der Waals surface area contributed by atoms with E-state index in [2.05, 4.69) is 0 Å². The van der Waals surface area contributed by atoms with Gasteiger partial charge < -0.3 is 10.0 Å². The maximum absolute atomic E-state index is 12.9. The van der Waals surface area contributed by atoms with Gasteiger partial charge in [0.05, 0.1) is 5.56 Å². The van der Waals surface area contributed by atoms with Crippen molar-refractivity contribution in [2.24, 2.45) is 0 Å². The molecule has 22 heavy (non-hydrogen) atoms. The van der Waals surface area contributed by atoms with Crippen molar-refractivity contribution in [2.45, 2.75) is 32.6 Å². The lowest BCUT2D eigenvalue weighted by atomic mass is 10.0. The average molecular weight is 316 g/mol. The number of benzene rings is 1. The molecule has 2 rings (SSSR count). The number of carbonyl (C=O) groups is 1. The largest absolute Gasteiger partial charge is 0.465 e. The second-order valence-electron chi connectivity index (χ2n) is 5.65. The van der Waals surface area contributed by atoms with Crippen LogP contribution in [0.5, 0.6) is 0 Å². The van der Waals surface area contributed by atoms with Crippen molar-refractivity contribution < 1.29 is 23.1 Å². The molecule has 1 heterocycles. The van der Waals surface area contributed by atoms with Crippen LogP contribution in [-0.4, -0.2) is 46.7 Å². The topological polar surface area (TPSA) is 43.8 Å². The molecule has 1 aromatic rings. The first-order valence-corrected chi connectivity index (χ1v) is 7.07. The fourth-order valence-electron chi connectivity index (χ4n) is 2.86. The number of alkyl halides is 3. The molecule has 7 heteroatoms. The van der Waals surface area contributed by atoms with Gasteiger partial charge in [-0.3, -0.25) is 4.90 Å². The predicted octanol–water partition coefficient (Wildman–Crippen LogP) is 3.20. The molecule has 1 unspecified atom stereocenters. The van der Waals surface area contributed by atoms with E-state index in [1.54, 1.807) is 13.0 Å². The van der Waals surface area contributed by atoms with Crippen LogP contribution in [0.3, 0.4) is 0 Å². The van der Waals surface area contributed by atoms with Crippen LogP contribution in [0.15, 0.2) is 18.2 Å². The van der Waals surface area contributed by atoms with Gasteiger partial charge in [-0.2, -0.15) is 13.2 Å². The monoisotopic (exact) mass is 316 g/mol. The zero-order valence-corrected chi connectivity index (χ0v) is 12.5. The molecule has 0 bridgehead atoms. The lowest BCUT2D eigenvalue weighted by Gasteiger charge is -2.38. The summed E-state index contributed by atoms with van der Waals surface area (Å²) in [6.07, 6.45) is -5.31. The average Bonchev–Trinajstić information content (AvgIpc) is 2.39. The Hall–Kier alpha value is -1.76. The van der Waals surface area contributed by atoms with E-state index in [9.17, 15) is 18.0 Å². The van der Waals surface area contributed by atoms with Gasteiger partial charge in [-0.1, -0.05) is 12.1 Å². The first-order chi connectivity index (χ1) is 10.2. The number of nitrogens with zero attached hydrogens (tertiary/aromatic N) is 2. The highest BCUT2D eigenvalue weighted by Crippen LogP contribution is 2.33. The molecule has 1 saturated heterocycles. The highest BCUT2D eigenvalue weighted by Gasteiger charge is 2.33. The summed E-state index contributed by atoms with van der Waals surface area (Å²) in [5.41, 5.74) is 0.260. The Morgan fingerprint density at radius 1 is 1.36 bits per heavy atom. The standard InChI is InChI=1S/C15H19F3N2O2/c1-10-8-19(6-7-20(10)14(21)22)9-12-4-3-5-13(11(12)2)15(16,17)18/h3-5,10H,6-9H2,1-2H3,(H,21,22). The van der Waals surface area contributed by atoms with Gasteiger partial charge in [0.1, 0.15) is 0 Å². The molecule has 1 aliphatic heterocycles. The van der Waals surface area contributed by atoms with Crippen LogP contribution >= 0.6 is 0 Å². The minimum absolute atomic E-state index is 0.169.